The van der Waals surface area contributed by atoms with Crippen molar-refractivity contribution < 1.29 is 22.6 Å². The number of hydrogen-bond acceptors (Lipinski definition) is 3. The molecule has 1 aromatic rings. The van der Waals surface area contributed by atoms with E-state index in [-0.39, 0.29) is 6.54 Å². The van der Waals surface area contributed by atoms with Gasteiger partial charge in [0.1, 0.15) is 0 Å². The topological polar surface area (TPSA) is 30.5 Å². The Balaban J connectivity index is 2.66. The van der Waals surface area contributed by atoms with Crippen LogP contribution in [-0.2, 0) is 6.54 Å². The fraction of sp³-hybridized carbons (Fsp3) is 0.538. The third-order valence-electron chi connectivity index (χ3n) is 2.26. The van der Waals surface area contributed by atoms with Crippen LogP contribution in [0.2, 0.25) is 0 Å². The second-order valence-electron chi connectivity index (χ2n) is 3.87. The van der Waals surface area contributed by atoms with Crippen molar-refractivity contribution in [3.05, 3.63) is 23.8 Å². The van der Waals surface area contributed by atoms with E-state index in [1.807, 2.05) is 13.8 Å². The van der Waals surface area contributed by atoms with Crippen LogP contribution < -0.4 is 14.8 Å². The summed E-state index contributed by atoms with van der Waals surface area (Å²) in [5.41, 5.74) is 0.719. The van der Waals surface area contributed by atoms with Crippen molar-refractivity contribution in [2.75, 3.05) is 19.8 Å². The Kier molecular flexibility index (Phi) is 5.95. The molecule has 108 valence electrons. The Hall–Kier alpha value is -1.43. The average Bonchev–Trinajstić information content (AvgIpc) is 2.31. The van der Waals surface area contributed by atoms with E-state index in [4.69, 9.17) is 9.47 Å². The molecule has 1 rings (SSSR count). The molecule has 0 aromatic heterocycles. The highest BCUT2D eigenvalue weighted by Crippen LogP contribution is 2.28. The Morgan fingerprint density at radius 1 is 1.05 bits per heavy atom. The molecule has 0 unspecified atom stereocenters. The molecule has 0 aliphatic heterocycles. The molecule has 1 N–H and O–H groups in total. The van der Waals surface area contributed by atoms with Gasteiger partial charge in [-0.3, -0.25) is 0 Å². The SMILES string of the molecule is CCOc1ccc(CNCC(F)(F)F)cc1OCC. The summed E-state index contributed by atoms with van der Waals surface area (Å²) in [7, 11) is 0. The molecule has 0 heterocycles. The maximum atomic E-state index is 12.0. The quantitative estimate of drug-likeness (QED) is 0.830. The zero-order valence-electron chi connectivity index (χ0n) is 11.0. The third-order valence-corrected chi connectivity index (χ3v) is 2.26. The van der Waals surface area contributed by atoms with E-state index in [0.29, 0.717) is 24.7 Å². The number of halogens is 3. The number of alkyl halides is 3. The normalized spacial score (nSPS) is 11.4. The van der Waals surface area contributed by atoms with Crippen LogP contribution in [0.25, 0.3) is 0 Å². The van der Waals surface area contributed by atoms with Gasteiger partial charge in [-0.15, -0.1) is 0 Å². The van der Waals surface area contributed by atoms with Gasteiger partial charge in [-0.05, 0) is 31.5 Å². The number of rotatable bonds is 7. The van der Waals surface area contributed by atoms with Crippen molar-refractivity contribution in [3.63, 3.8) is 0 Å². The van der Waals surface area contributed by atoms with E-state index in [1.54, 1.807) is 18.2 Å². The van der Waals surface area contributed by atoms with Gasteiger partial charge in [0.25, 0.3) is 0 Å². The van der Waals surface area contributed by atoms with E-state index in [9.17, 15) is 13.2 Å². The summed E-state index contributed by atoms with van der Waals surface area (Å²) in [6.45, 7) is 3.79. The van der Waals surface area contributed by atoms with Crippen molar-refractivity contribution in [1.29, 1.82) is 0 Å². The maximum absolute atomic E-state index is 12.0. The van der Waals surface area contributed by atoms with Crippen molar-refractivity contribution in [2.24, 2.45) is 0 Å². The van der Waals surface area contributed by atoms with Crippen molar-refractivity contribution in [3.8, 4) is 11.5 Å². The molecule has 0 aliphatic carbocycles. The molecule has 0 fully saturated rings. The molecule has 3 nitrogen and oxygen atoms in total. The zero-order chi connectivity index (χ0) is 14.3. The molecule has 0 saturated heterocycles. The molecule has 6 heteroatoms. The highest BCUT2D eigenvalue weighted by molar-refractivity contribution is 5.43. The molecule has 0 amide bonds. The second kappa shape index (κ2) is 7.23. The van der Waals surface area contributed by atoms with Gasteiger partial charge in [0.15, 0.2) is 11.5 Å². The van der Waals surface area contributed by atoms with E-state index in [1.165, 1.54) is 0 Å². The lowest BCUT2D eigenvalue weighted by Gasteiger charge is -2.13. The Morgan fingerprint density at radius 3 is 2.26 bits per heavy atom. The highest BCUT2D eigenvalue weighted by atomic mass is 19.4. The fourth-order valence-corrected chi connectivity index (χ4v) is 1.55. The minimum atomic E-state index is -4.20. The van der Waals surface area contributed by atoms with Crippen LogP contribution in [0, 0.1) is 0 Å². The molecule has 0 spiro atoms. The van der Waals surface area contributed by atoms with E-state index in [2.05, 4.69) is 5.32 Å². The first kappa shape index (κ1) is 15.6. The van der Waals surface area contributed by atoms with Gasteiger partial charge in [-0.25, -0.2) is 0 Å². The molecular formula is C13H18F3NO2. The first-order chi connectivity index (χ1) is 8.96. The zero-order valence-corrected chi connectivity index (χ0v) is 11.0. The van der Waals surface area contributed by atoms with Gasteiger partial charge in [0, 0.05) is 6.54 Å². The lowest BCUT2D eigenvalue weighted by molar-refractivity contribution is -0.125. The van der Waals surface area contributed by atoms with Crippen LogP contribution in [-0.4, -0.2) is 25.9 Å². The summed E-state index contributed by atoms with van der Waals surface area (Å²) in [5.74, 6) is 1.15. The predicted molar refractivity (Wildman–Crippen MR) is 66.5 cm³/mol. The predicted octanol–water partition coefficient (Wildman–Crippen LogP) is 3.14. The van der Waals surface area contributed by atoms with Gasteiger partial charge in [-0.1, -0.05) is 6.07 Å². The first-order valence-electron chi connectivity index (χ1n) is 6.12. The van der Waals surface area contributed by atoms with E-state index in [0.717, 1.165) is 5.56 Å². The van der Waals surface area contributed by atoms with Crippen LogP contribution in [0.1, 0.15) is 19.4 Å². The van der Waals surface area contributed by atoms with Crippen LogP contribution in [0.15, 0.2) is 18.2 Å². The van der Waals surface area contributed by atoms with Gasteiger partial charge in [-0.2, -0.15) is 13.2 Å². The van der Waals surface area contributed by atoms with Crippen molar-refractivity contribution in [1.82, 2.24) is 5.32 Å². The molecule has 0 aliphatic rings. The molecule has 0 saturated carbocycles. The van der Waals surface area contributed by atoms with Crippen LogP contribution >= 0.6 is 0 Å². The smallest absolute Gasteiger partial charge is 0.401 e. The van der Waals surface area contributed by atoms with E-state index >= 15 is 0 Å². The van der Waals surface area contributed by atoms with Gasteiger partial charge < -0.3 is 14.8 Å². The van der Waals surface area contributed by atoms with E-state index < -0.39 is 12.7 Å². The van der Waals surface area contributed by atoms with Gasteiger partial charge >= 0.3 is 6.18 Å². The third kappa shape index (κ3) is 5.83. The van der Waals surface area contributed by atoms with Crippen LogP contribution in [0.5, 0.6) is 11.5 Å². The molecule has 0 atom stereocenters. The van der Waals surface area contributed by atoms with Gasteiger partial charge in [0.05, 0.1) is 19.8 Å². The fourth-order valence-electron chi connectivity index (χ4n) is 1.55. The Bertz CT molecular complexity index is 394. The van der Waals surface area contributed by atoms with Crippen molar-refractivity contribution in [2.45, 2.75) is 26.6 Å². The number of benzene rings is 1. The largest absolute Gasteiger partial charge is 0.490 e. The molecule has 1 aromatic carbocycles. The molecule has 0 radical (unpaired) electrons. The summed E-state index contributed by atoms with van der Waals surface area (Å²) in [5, 5.41) is 2.34. The Labute approximate surface area is 110 Å². The van der Waals surface area contributed by atoms with Gasteiger partial charge in [0.2, 0.25) is 0 Å². The second-order valence-corrected chi connectivity index (χ2v) is 3.87. The summed E-state index contributed by atoms with van der Waals surface area (Å²) in [6, 6.07) is 5.12. The average molecular weight is 277 g/mol. The monoisotopic (exact) mass is 277 g/mol. The highest BCUT2D eigenvalue weighted by Gasteiger charge is 2.26. The van der Waals surface area contributed by atoms with Crippen molar-refractivity contribution >= 4 is 0 Å². The standard InChI is InChI=1S/C13H18F3NO2/c1-3-18-11-6-5-10(7-12(11)19-4-2)8-17-9-13(14,15)16/h5-7,17H,3-4,8-9H2,1-2H3. The lowest BCUT2D eigenvalue weighted by atomic mass is 10.2. The molecule has 19 heavy (non-hydrogen) atoms. The Morgan fingerprint density at radius 2 is 1.68 bits per heavy atom. The number of nitrogens with one attached hydrogen (secondary N) is 1. The molecular weight excluding hydrogens is 259 g/mol. The summed E-state index contributed by atoms with van der Waals surface area (Å²) in [6.07, 6.45) is -4.20. The first-order valence-corrected chi connectivity index (χ1v) is 6.12. The summed E-state index contributed by atoms with van der Waals surface area (Å²) < 4.78 is 46.8. The maximum Gasteiger partial charge on any atom is 0.401 e. The van der Waals surface area contributed by atoms with Crippen LogP contribution in [0.4, 0.5) is 13.2 Å². The van der Waals surface area contributed by atoms with Crippen LogP contribution in [0.3, 0.4) is 0 Å². The molecule has 0 bridgehead atoms. The number of hydrogen-bond donors (Lipinski definition) is 1. The minimum Gasteiger partial charge on any atom is -0.490 e. The summed E-state index contributed by atoms with van der Waals surface area (Å²) in [4.78, 5) is 0. The minimum absolute atomic E-state index is 0.131. The number of ether oxygens (including phenoxy) is 2. The summed E-state index contributed by atoms with van der Waals surface area (Å²) >= 11 is 0. The lowest BCUT2D eigenvalue weighted by Crippen LogP contribution is -2.28.